The van der Waals surface area contributed by atoms with E-state index in [0.29, 0.717) is 10.6 Å². The molecular formula is C14H12FNO3S. The Kier molecular flexibility index (Phi) is 4.24. The van der Waals surface area contributed by atoms with E-state index in [9.17, 15) is 14.0 Å². The van der Waals surface area contributed by atoms with Crippen molar-refractivity contribution in [2.24, 2.45) is 0 Å². The first kappa shape index (κ1) is 14.3. The molecule has 1 heterocycles. The molecular weight excluding hydrogens is 281 g/mol. The molecule has 1 aromatic carbocycles. The lowest BCUT2D eigenvalue weighted by atomic mass is 10.2. The van der Waals surface area contributed by atoms with Gasteiger partial charge in [-0.2, -0.15) is 0 Å². The topological polar surface area (TPSA) is 56.3 Å². The van der Waals surface area contributed by atoms with Crippen molar-refractivity contribution >= 4 is 23.1 Å². The van der Waals surface area contributed by atoms with Crippen LogP contribution in [0.2, 0.25) is 0 Å². The number of nitrogens with zero attached hydrogens (tertiary/aromatic N) is 1. The number of hydrogen-bond acceptors (Lipinski definition) is 5. The Balaban J connectivity index is 2.46. The van der Waals surface area contributed by atoms with E-state index in [1.54, 1.807) is 19.1 Å². The highest BCUT2D eigenvalue weighted by Crippen LogP contribution is 2.29. The molecule has 0 aliphatic heterocycles. The summed E-state index contributed by atoms with van der Waals surface area (Å²) in [7, 11) is 0. The van der Waals surface area contributed by atoms with Gasteiger partial charge in [0.25, 0.3) is 0 Å². The number of hydrogen-bond donors (Lipinski definition) is 0. The van der Waals surface area contributed by atoms with E-state index >= 15 is 0 Å². The van der Waals surface area contributed by atoms with Gasteiger partial charge in [-0.15, -0.1) is 11.3 Å². The molecule has 1 aromatic heterocycles. The van der Waals surface area contributed by atoms with Crippen LogP contribution in [0.4, 0.5) is 4.39 Å². The number of esters is 1. The number of ketones is 1. The second-order valence-electron chi connectivity index (χ2n) is 3.98. The molecule has 6 heteroatoms. The zero-order valence-electron chi connectivity index (χ0n) is 11.0. The lowest BCUT2D eigenvalue weighted by molar-refractivity contribution is 0.0517. The molecule has 104 valence electrons. The Bertz CT molecular complexity index is 649. The van der Waals surface area contributed by atoms with Crippen LogP contribution in [-0.4, -0.2) is 23.3 Å². The predicted octanol–water partition coefficient (Wildman–Crippen LogP) is 3.33. The number of ether oxygens (including phenoxy) is 1. The third kappa shape index (κ3) is 2.91. The highest BCUT2D eigenvalue weighted by molar-refractivity contribution is 7.17. The van der Waals surface area contributed by atoms with Crippen LogP contribution in [0.1, 0.15) is 34.0 Å². The van der Waals surface area contributed by atoms with Crippen molar-refractivity contribution < 1.29 is 18.7 Å². The molecule has 0 radical (unpaired) electrons. The first-order chi connectivity index (χ1) is 9.52. The Morgan fingerprint density at radius 1 is 1.30 bits per heavy atom. The van der Waals surface area contributed by atoms with Crippen molar-refractivity contribution in [1.29, 1.82) is 0 Å². The molecule has 0 unspecified atom stereocenters. The lowest BCUT2D eigenvalue weighted by Crippen LogP contribution is -2.09. The zero-order valence-corrected chi connectivity index (χ0v) is 11.8. The maximum absolute atomic E-state index is 12.9. The van der Waals surface area contributed by atoms with E-state index in [-0.39, 0.29) is 28.8 Å². The minimum Gasteiger partial charge on any atom is -0.461 e. The Morgan fingerprint density at radius 2 is 1.95 bits per heavy atom. The van der Waals surface area contributed by atoms with E-state index in [2.05, 4.69) is 4.98 Å². The number of aromatic nitrogens is 1. The van der Waals surface area contributed by atoms with Gasteiger partial charge in [0.2, 0.25) is 0 Å². The van der Waals surface area contributed by atoms with E-state index < -0.39 is 5.97 Å². The fourth-order valence-electron chi connectivity index (χ4n) is 1.61. The number of carbonyl (C=O) groups is 2. The molecule has 4 nitrogen and oxygen atoms in total. The maximum Gasteiger partial charge on any atom is 0.358 e. The van der Waals surface area contributed by atoms with Crippen LogP contribution >= 0.6 is 11.3 Å². The molecule has 0 fully saturated rings. The summed E-state index contributed by atoms with van der Waals surface area (Å²) in [5.41, 5.74) is 0.665. The van der Waals surface area contributed by atoms with E-state index in [1.165, 1.54) is 19.1 Å². The standard InChI is InChI=1S/C14H12FNO3S/c1-3-19-14(18)11-12(8(2)17)20-13(16-11)9-4-6-10(15)7-5-9/h4-7H,3H2,1-2H3. The highest BCUT2D eigenvalue weighted by atomic mass is 32.1. The van der Waals surface area contributed by atoms with Crippen LogP contribution in [0, 0.1) is 5.82 Å². The molecule has 0 aliphatic rings. The van der Waals surface area contributed by atoms with Crippen molar-refractivity contribution in [3.8, 4) is 10.6 Å². The lowest BCUT2D eigenvalue weighted by Gasteiger charge is -1.98. The highest BCUT2D eigenvalue weighted by Gasteiger charge is 2.22. The van der Waals surface area contributed by atoms with Gasteiger partial charge in [0.1, 0.15) is 15.7 Å². The summed E-state index contributed by atoms with van der Waals surface area (Å²) in [4.78, 5) is 27.8. The molecule has 0 bridgehead atoms. The first-order valence-corrected chi connectivity index (χ1v) is 6.79. The molecule has 2 aromatic rings. The number of rotatable bonds is 4. The van der Waals surface area contributed by atoms with Crippen LogP contribution in [-0.2, 0) is 4.74 Å². The van der Waals surface area contributed by atoms with Crippen molar-refractivity contribution in [1.82, 2.24) is 4.98 Å². The van der Waals surface area contributed by atoms with Gasteiger partial charge in [0.15, 0.2) is 11.5 Å². The number of halogens is 1. The molecule has 20 heavy (non-hydrogen) atoms. The summed E-state index contributed by atoms with van der Waals surface area (Å²) in [6.45, 7) is 3.25. The fourth-order valence-corrected chi connectivity index (χ4v) is 2.57. The smallest absolute Gasteiger partial charge is 0.358 e. The summed E-state index contributed by atoms with van der Waals surface area (Å²) in [6, 6.07) is 5.70. The summed E-state index contributed by atoms with van der Waals surface area (Å²) in [5.74, 6) is -1.23. The van der Waals surface area contributed by atoms with E-state index in [0.717, 1.165) is 11.3 Å². The van der Waals surface area contributed by atoms with Crippen molar-refractivity contribution in [2.75, 3.05) is 6.61 Å². The summed E-state index contributed by atoms with van der Waals surface area (Å²) < 4.78 is 17.8. The van der Waals surface area contributed by atoms with Crippen molar-refractivity contribution in [2.45, 2.75) is 13.8 Å². The monoisotopic (exact) mass is 293 g/mol. The van der Waals surface area contributed by atoms with Gasteiger partial charge in [-0.05, 0) is 31.2 Å². The number of benzene rings is 1. The van der Waals surface area contributed by atoms with Gasteiger partial charge in [-0.3, -0.25) is 4.79 Å². The number of Topliss-reactive ketones (excluding diaryl/α,β-unsaturated/α-hetero) is 1. The Morgan fingerprint density at radius 3 is 2.50 bits per heavy atom. The van der Waals surface area contributed by atoms with Gasteiger partial charge in [0, 0.05) is 12.5 Å². The normalized spacial score (nSPS) is 10.3. The van der Waals surface area contributed by atoms with E-state index in [1.807, 2.05) is 0 Å². The maximum atomic E-state index is 12.9. The average molecular weight is 293 g/mol. The molecule has 0 saturated heterocycles. The van der Waals surface area contributed by atoms with Gasteiger partial charge < -0.3 is 4.74 Å². The van der Waals surface area contributed by atoms with Crippen LogP contribution in [0.15, 0.2) is 24.3 Å². The number of thiazole rings is 1. The van der Waals surface area contributed by atoms with Crippen molar-refractivity contribution in [3.05, 3.63) is 40.7 Å². The molecule has 0 saturated carbocycles. The van der Waals surface area contributed by atoms with E-state index in [4.69, 9.17) is 4.74 Å². The zero-order chi connectivity index (χ0) is 14.7. The van der Waals surface area contributed by atoms with Crippen molar-refractivity contribution in [3.63, 3.8) is 0 Å². The SMILES string of the molecule is CCOC(=O)c1nc(-c2ccc(F)cc2)sc1C(C)=O. The average Bonchev–Trinajstić information content (AvgIpc) is 2.85. The third-order valence-corrected chi connectivity index (χ3v) is 3.71. The van der Waals surface area contributed by atoms with Gasteiger partial charge in [-0.25, -0.2) is 14.2 Å². The molecule has 0 spiro atoms. The second-order valence-corrected chi connectivity index (χ2v) is 4.98. The minimum atomic E-state index is -0.623. The van der Waals surface area contributed by atoms with Crippen LogP contribution in [0.5, 0.6) is 0 Å². The summed E-state index contributed by atoms with van der Waals surface area (Å²) in [6.07, 6.45) is 0. The second kappa shape index (κ2) is 5.92. The molecule has 2 rings (SSSR count). The van der Waals surface area contributed by atoms with Crippen LogP contribution in [0.25, 0.3) is 10.6 Å². The Labute approximate surface area is 119 Å². The van der Waals surface area contributed by atoms with Gasteiger partial charge in [0.05, 0.1) is 6.61 Å². The van der Waals surface area contributed by atoms with Gasteiger partial charge >= 0.3 is 5.97 Å². The fraction of sp³-hybridized carbons (Fsp3) is 0.214. The van der Waals surface area contributed by atoms with Gasteiger partial charge in [-0.1, -0.05) is 0 Å². The first-order valence-electron chi connectivity index (χ1n) is 5.97. The molecule has 0 N–H and O–H groups in total. The van der Waals surface area contributed by atoms with Crippen LogP contribution in [0.3, 0.4) is 0 Å². The quantitative estimate of drug-likeness (QED) is 0.641. The minimum absolute atomic E-state index is 0.0173. The largest absolute Gasteiger partial charge is 0.461 e. The Hall–Kier alpha value is -2.08. The predicted molar refractivity (Wildman–Crippen MR) is 73.5 cm³/mol. The number of carbonyl (C=O) groups excluding carboxylic acids is 2. The molecule has 0 amide bonds. The van der Waals surface area contributed by atoms with Crippen LogP contribution < -0.4 is 0 Å². The summed E-state index contributed by atoms with van der Waals surface area (Å²) >= 11 is 1.10. The third-order valence-electron chi connectivity index (χ3n) is 2.51. The molecule has 0 atom stereocenters. The molecule has 0 aliphatic carbocycles. The summed E-state index contributed by atoms with van der Waals surface area (Å²) in [5, 5.41) is 0.484.